The summed E-state index contributed by atoms with van der Waals surface area (Å²) in [4.78, 5) is 14.4. The van der Waals surface area contributed by atoms with Gasteiger partial charge in [0.25, 0.3) is 0 Å². The van der Waals surface area contributed by atoms with Gasteiger partial charge in [-0.2, -0.15) is 9.97 Å². The van der Waals surface area contributed by atoms with E-state index in [0.717, 1.165) is 18.4 Å². The summed E-state index contributed by atoms with van der Waals surface area (Å²) in [6.07, 6.45) is 0.132. The summed E-state index contributed by atoms with van der Waals surface area (Å²) in [5.74, 6) is 0.549. The van der Waals surface area contributed by atoms with Gasteiger partial charge in [-0.05, 0) is 0 Å². The highest BCUT2D eigenvalue weighted by molar-refractivity contribution is 9.09. The quantitative estimate of drug-likeness (QED) is 0.748. The lowest BCUT2D eigenvalue weighted by atomic mass is 10.3. The monoisotopic (exact) mass is 318 g/mol. The third-order valence-corrected chi connectivity index (χ3v) is 3.26. The van der Waals surface area contributed by atoms with E-state index in [-0.39, 0.29) is 18.1 Å². The van der Waals surface area contributed by atoms with Crippen molar-refractivity contribution >= 4 is 21.9 Å². The van der Waals surface area contributed by atoms with Crippen molar-refractivity contribution in [3.05, 3.63) is 0 Å². The molecule has 1 aliphatic heterocycles. The summed E-state index contributed by atoms with van der Waals surface area (Å²) in [7, 11) is 3.03. The number of hydrogen-bond acceptors (Lipinski definition) is 7. The predicted molar refractivity (Wildman–Crippen MR) is 68.7 cm³/mol. The molecule has 0 aromatic carbocycles. The van der Waals surface area contributed by atoms with Crippen LogP contribution < -0.4 is 14.4 Å². The van der Waals surface area contributed by atoms with Crippen molar-refractivity contribution in [2.45, 2.75) is 6.10 Å². The van der Waals surface area contributed by atoms with Gasteiger partial charge in [0.15, 0.2) is 0 Å². The van der Waals surface area contributed by atoms with Gasteiger partial charge in [0, 0.05) is 18.4 Å². The number of rotatable bonds is 4. The Morgan fingerprint density at radius 1 is 1.28 bits per heavy atom. The van der Waals surface area contributed by atoms with E-state index in [2.05, 4.69) is 30.9 Å². The van der Waals surface area contributed by atoms with Gasteiger partial charge < -0.3 is 19.1 Å². The van der Waals surface area contributed by atoms with Crippen LogP contribution in [0.3, 0.4) is 0 Å². The average Bonchev–Trinajstić information content (AvgIpc) is 2.46. The lowest BCUT2D eigenvalue weighted by Gasteiger charge is -2.32. The summed E-state index contributed by atoms with van der Waals surface area (Å²) in [6.45, 7) is 2.11. The third-order valence-electron chi connectivity index (χ3n) is 2.54. The second-order valence-electron chi connectivity index (χ2n) is 3.70. The first-order chi connectivity index (χ1) is 8.76. The van der Waals surface area contributed by atoms with Crippen molar-refractivity contribution in [1.29, 1.82) is 0 Å². The average molecular weight is 319 g/mol. The van der Waals surface area contributed by atoms with Gasteiger partial charge in [0.1, 0.15) is 0 Å². The standard InChI is InChI=1S/C10H15BrN4O3/c1-16-9-12-8(13-10(14-9)17-2)15-3-4-18-7(5-11)6-15/h7H,3-6H2,1-2H3. The van der Waals surface area contributed by atoms with Crippen LogP contribution in [0.4, 0.5) is 5.95 Å². The minimum Gasteiger partial charge on any atom is -0.467 e. The van der Waals surface area contributed by atoms with Crippen molar-refractivity contribution in [2.24, 2.45) is 0 Å². The summed E-state index contributed by atoms with van der Waals surface area (Å²) >= 11 is 3.41. The van der Waals surface area contributed by atoms with Crippen LogP contribution in [0, 0.1) is 0 Å². The fourth-order valence-corrected chi connectivity index (χ4v) is 2.04. The zero-order valence-corrected chi connectivity index (χ0v) is 11.9. The van der Waals surface area contributed by atoms with E-state index in [1.807, 2.05) is 4.90 Å². The Hall–Kier alpha value is -1.15. The number of halogens is 1. The first kappa shape index (κ1) is 13.3. The Kier molecular flexibility index (Phi) is 4.54. The molecule has 0 bridgehead atoms. The van der Waals surface area contributed by atoms with Crippen molar-refractivity contribution < 1.29 is 14.2 Å². The normalized spacial score (nSPS) is 19.7. The fraction of sp³-hybridized carbons (Fsp3) is 0.700. The molecule has 1 atom stereocenters. The number of nitrogens with zero attached hydrogens (tertiary/aromatic N) is 4. The molecule has 0 spiro atoms. The van der Waals surface area contributed by atoms with Crippen molar-refractivity contribution in [3.8, 4) is 12.0 Å². The minimum absolute atomic E-state index is 0.132. The Labute approximate surface area is 114 Å². The summed E-state index contributed by atoms with van der Waals surface area (Å²) in [5.41, 5.74) is 0. The van der Waals surface area contributed by atoms with E-state index in [1.54, 1.807) is 0 Å². The topological polar surface area (TPSA) is 69.6 Å². The van der Waals surface area contributed by atoms with Gasteiger partial charge in [-0.3, -0.25) is 0 Å². The molecule has 8 heteroatoms. The van der Waals surface area contributed by atoms with Crippen LogP contribution in [-0.2, 0) is 4.74 Å². The molecule has 0 saturated carbocycles. The van der Waals surface area contributed by atoms with Gasteiger partial charge in [-0.15, -0.1) is 4.98 Å². The van der Waals surface area contributed by atoms with Crippen LogP contribution in [0.1, 0.15) is 0 Å². The smallest absolute Gasteiger partial charge is 0.324 e. The van der Waals surface area contributed by atoms with Gasteiger partial charge in [-0.25, -0.2) is 0 Å². The molecule has 1 saturated heterocycles. The van der Waals surface area contributed by atoms with E-state index >= 15 is 0 Å². The number of aromatic nitrogens is 3. The second-order valence-corrected chi connectivity index (χ2v) is 4.35. The highest BCUT2D eigenvalue weighted by Gasteiger charge is 2.23. The Balaban J connectivity index is 2.20. The summed E-state index contributed by atoms with van der Waals surface area (Å²) in [6, 6.07) is 0.498. The van der Waals surface area contributed by atoms with E-state index in [1.165, 1.54) is 14.2 Å². The van der Waals surface area contributed by atoms with Crippen LogP contribution in [0.25, 0.3) is 0 Å². The molecule has 1 aliphatic rings. The number of anilines is 1. The van der Waals surface area contributed by atoms with Crippen LogP contribution in [-0.4, -0.2) is 60.3 Å². The zero-order valence-electron chi connectivity index (χ0n) is 10.3. The molecular formula is C10H15BrN4O3. The fourth-order valence-electron chi connectivity index (χ4n) is 1.65. The van der Waals surface area contributed by atoms with Gasteiger partial charge >= 0.3 is 12.0 Å². The number of hydrogen-bond donors (Lipinski definition) is 0. The SMILES string of the molecule is COc1nc(OC)nc(N2CCOC(CBr)C2)n1. The Morgan fingerprint density at radius 2 is 1.94 bits per heavy atom. The lowest BCUT2D eigenvalue weighted by molar-refractivity contribution is 0.0563. The molecule has 0 aliphatic carbocycles. The summed E-state index contributed by atoms with van der Waals surface area (Å²) < 4.78 is 15.6. The van der Waals surface area contributed by atoms with Crippen LogP contribution in [0.15, 0.2) is 0 Å². The van der Waals surface area contributed by atoms with E-state index in [4.69, 9.17) is 14.2 Å². The molecule has 0 N–H and O–H groups in total. The Morgan fingerprint density at radius 3 is 2.50 bits per heavy atom. The third kappa shape index (κ3) is 2.99. The molecule has 2 rings (SSSR count). The highest BCUT2D eigenvalue weighted by atomic mass is 79.9. The molecule has 1 aromatic rings. The van der Waals surface area contributed by atoms with Crippen LogP contribution >= 0.6 is 15.9 Å². The van der Waals surface area contributed by atoms with Crippen molar-refractivity contribution in [2.75, 3.05) is 44.1 Å². The number of methoxy groups -OCH3 is 2. The zero-order chi connectivity index (χ0) is 13.0. The molecule has 1 fully saturated rings. The second kappa shape index (κ2) is 6.14. The minimum atomic E-state index is 0.132. The van der Waals surface area contributed by atoms with Crippen molar-refractivity contribution in [1.82, 2.24) is 15.0 Å². The molecule has 7 nitrogen and oxygen atoms in total. The maximum Gasteiger partial charge on any atom is 0.324 e. The van der Waals surface area contributed by atoms with E-state index < -0.39 is 0 Å². The van der Waals surface area contributed by atoms with Crippen LogP contribution in [0.5, 0.6) is 12.0 Å². The molecular weight excluding hydrogens is 304 g/mol. The highest BCUT2D eigenvalue weighted by Crippen LogP contribution is 2.18. The van der Waals surface area contributed by atoms with E-state index in [9.17, 15) is 0 Å². The molecule has 100 valence electrons. The van der Waals surface area contributed by atoms with E-state index in [0.29, 0.717) is 12.6 Å². The lowest BCUT2D eigenvalue weighted by Crippen LogP contribution is -2.44. The number of ether oxygens (including phenoxy) is 3. The molecule has 2 heterocycles. The van der Waals surface area contributed by atoms with Gasteiger partial charge in [-0.1, -0.05) is 15.9 Å². The maximum absolute atomic E-state index is 5.57. The predicted octanol–water partition coefficient (Wildman–Crippen LogP) is 0.489. The molecule has 1 unspecified atom stereocenters. The Bertz CT molecular complexity index is 384. The molecule has 18 heavy (non-hydrogen) atoms. The first-order valence-electron chi connectivity index (χ1n) is 5.53. The van der Waals surface area contributed by atoms with Gasteiger partial charge in [0.05, 0.1) is 26.9 Å². The molecule has 0 radical (unpaired) electrons. The van der Waals surface area contributed by atoms with Crippen LogP contribution in [0.2, 0.25) is 0 Å². The number of morpholine rings is 1. The number of alkyl halides is 1. The summed E-state index contributed by atoms with van der Waals surface area (Å²) in [5, 5.41) is 0.781. The maximum atomic E-state index is 5.57. The van der Waals surface area contributed by atoms with Gasteiger partial charge in [0.2, 0.25) is 5.95 Å². The van der Waals surface area contributed by atoms with Crippen molar-refractivity contribution in [3.63, 3.8) is 0 Å². The molecule has 1 aromatic heterocycles. The largest absolute Gasteiger partial charge is 0.467 e. The molecule has 0 amide bonds. The first-order valence-corrected chi connectivity index (χ1v) is 6.65.